The van der Waals surface area contributed by atoms with E-state index in [1.807, 2.05) is 0 Å². The molecule has 27 heavy (non-hydrogen) atoms. The molecule has 0 radical (unpaired) electrons. The van der Waals surface area contributed by atoms with Gasteiger partial charge in [-0.15, -0.1) is 0 Å². The summed E-state index contributed by atoms with van der Waals surface area (Å²) in [4.78, 5) is 36.7. The van der Waals surface area contributed by atoms with E-state index in [4.69, 9.17) is 0 Å². The molecule has 0 fully saturated rings. The number of hydrogen-bond acceptors (Lipinski definition) is 5. The van der Waals surface area contributed by atoms with E-state index in [-0.39, 0.29) is 23.1 Å². The van der Waals surface area contributed by atoms with Crippen LogP contribution < -0.4 is 15.5 Å². The molecule has 0 spiro atoms. The highest BCUT2D eigenvalue weighted by atomic mass is 16.6. The maximum atomic E-state index is 12.7. The number of carbonyl (C=O) groups is 2. The zero-order valence-corrected chi connectivity index (χ0v) is 15.6. The number of amides is 2. The Morgan fingerprint density at radius 3 is 2.22 bits per heavy atom. The van der Waals surface area contributed by atoms with Crippen LogP contribution in [0.1, 0.15) is 24.2 Å². The van der Waals surface area contributed by atoms with Gasteiger partial charge < -0.3 is 15.5 Å². The highest BCUT2D eigenvalue weighted by Crippen LogP contribution is 2.25. The maximum Gasteiger partial charge on any atom is 0.270 e. The lowest BCUT2D eigenvalue weighted by Crippen LogP contribution is -2.19. The van der Waals surface area contributed by atoms with E-state index in [0.717, 1.165) is 0 Å². The van der Waals surface area contributed by atoms with E-state index in [1.165, 1.54) is 18.2 Å². The first kappa shape index (κ1) is 19.9. The van der Waals surface area contributed by atoms with Crippen molar-refractivity contribution in [1.29, 1.82) is 0 Å². The fraction of sp³-hybridized carbons (Fsp3) is 0.263. The molecule has 2 N–H and O–H groups in total. The molecule has 0 unspecified atom stereocenters. The lowest BCUT2D eigenvalue weighted by atomic mass is 10.1. The second-order valence-electron chi connectivity index (χ2n) is 6.53. The summed E-state index contributed by atoms with van der Waals surface area (Å²) in [6.07, 6.45) is 0. The lowest BCUT2D eigenvalue weighted by Gasteiger charge is -2.17. The Morgan fingerprint density at radius 1 is 1.04 bits per heavy atom. The topological polar surface area (TPSA) is 105 Å². The van der Waals surface area contributed by atoms with Gasteiger partial charge in [-0.1, -0.05) is 19.9 Å². The van der Waals surface area contributed by atoms with Gasteiger partial charge in [-0.3, -0.25) is 19.7 Å². The number of anilines is 3. The van der Waals surface area contributed by atoms with Crippen LogP contribution in [0.5, 0.6) is 0 Å². The van der Waals surface area contributed by atoms with Crippen LogP contribution in [0, 0.1) is 16.0 Å². The van der Waals surface area contributed by atoms with E-state index in [1.54, 1.807) is 57.1 Å². The highest BCUT2D eigenvalue weighted by molar-refractivity contribution is 6.09. The second-order valence-corrected chi connectivity index (χ2v) is 6.53. The van der Waals surface area contributed by atoms with Crippen LogP contribution in [0.3, 0.4) is 0 Å². The lowest BCUT2D eigenvalue weighted by molar-refractivity contribution is -0.384. The van der Waals surface area contributed by atoms with Gasteiger partial charge in [-0.2, -0.15) is 0 Å². The summed E-state index contributed by atoms with van der Waals surface area (Å²) in [5.74, 6) is -0.780. The van der Waals surface area contributed by atoms with Gasteiger partial charge in [0.25, 0.3) is 11.6 Å². The van der Waals surface area contributed by atoms with Crippen molar-refractivity contribution in [3.8, 4) is 0 Å². The summed E-state index contributed by atoms with van der Waals surface area (Å²) in [5, 5.41) is 16.5. The smallest absolute Gasteiger partial charge is 0.270 e. The highest BCUT2D eigenvalue weighted by Gasteiger charge is 2.18. The largest absolute Gasteiger partial charge is 0.377 e. The first-order valence-corrected chi connectivity index (χ1v) is 8.37. The van der Waals surface area contributed by atoms with Crippen molar-refractivity contribution in [2.24, 2.45) is 5.92 Å². The van der Waals surface area contributed by atoms with Gasteiger partial charge in [0.15, 0.2) is 0 Å². The average molecular weight is 370 g/mol. The molecule has 2 aromatic rings. The van der Waals surface area contributed by atoms with Crippen LogP contribution in [0.4, 0.5) is 22.7 Å². The Kier molecular flexibility index (Phi) is 6.12. The molecule has 0 saturated heterocycles. The average Bonchev–Trinajstić information content (AvgIpc) is 2.61. The van der Waals surface area contributed by atoms with Gasteiger partial charge in [0.2, 0.25) is 5.91 Å². The van der Waals surface area contributed by atoms with Crippen LogP contribution in [-0.4, -0.2) is 30.8 Å². The minimum Gasteiger partial charge on any atom is -0.377 e. The predicted octanol–water partition coefficient (Wildman–Crippen LogP) is 3.51. The van der Waals surface area contributed by atoms with Gasteiger partial charge in [0, 0.05) is 49.2 Å². The molecule has 0 saturated carbocycles. The summed E-state index contributed by atoms with van der Waals surface area (Å²) < 4.78 is 0. The number of rotatable bonds is 6. The Bertz CT molecular complexity index is 878. The number of nitro groups is 1. The van der Waals surface area contributed by atoms with Gasteiger partial charge in [0.1, 0.15) is 0 Å². The van der Waals surface area contributed by atoms with Crippen LogP contribution in [0.25, 0.3) is 0 Å². The van der Waals surface area contributed by atoms with E-state index >= 15 is 0 Å². The summed E-state index contributed by atoms with van der Waals surface area (Å²) in [5.41, 5.74) is 1.60. The molecule has 2 aromatic carbocycles. The number of non-ortho nitro benzene ring substituents is 1. The molecular weight excluding hydrogens is 348 g/mol. The fourth-order valence-corrected chi connectivity index (χ4v) is 2.37. The van der Waals surface area contributed by atoms with Gasteiger partial charge in [-0.05, 0) is 24.3 Å². The predicted molar refractivity (Wildman–Crippen MR) is 105 cm³/mol. The van der Waals surface area contributed by atoms with Crippen molar-refractivity contribution >= 4 is 34.6 Å². The van der Waals surface area contributed by atoms with Gasteiger partial charge >= 0.3 is 0 Å². The van der Waals surface area contributed by atoms with Crippen molar-refractivity contribution in [3.63, 3.8) is 0 Å². The molecule has 0 aliphatic heterocycles. The quantitative estimate of drug-likeness (QED) is 0.598. The number of nitro benzene ring substituents is 1. The van der Waals surface area contributed by atoms with Crippen LogP contribution in [-0.2, 0) is 4.79 Å². The number of carbonyl (C=O) groups excluding carboxylic acids is 2. The third kappa shape index (κ3) is 5.04. The van der Waals surface area contributed by atoms with Crippen molar-refractivity contribution in [3.05, 3.63) is 58.1 Å². The molecular formula is C19H22N4O4. The molecule has 8 heteroatoms. The van der Waals surface area contributed by atoms with Crippen molar-refractivity contribution < 1.29 is 14.5 Å². The molecule has 2 amide bonds. The van der Waals surface area contributed by atoms with Crippen molar-refractivity contribution in [2.75, 3.05) is 29.6 Å². The van der Waals surface area contributed by atoms with Crippen molar-refractivity contribution in [2.45, 2.75) is 13.8 Å². The van der Waals surface area contributed by atoms with E-state index < -0.39 is 10.8 Å². The van der Waals surface area contributed by atoms with E-state index in [0.29, 0.717) is 17.1 Å². The minimum absolute atomic E-state index is 0.132. The number of benzene rings is 2. The zero-order chi connectivity index (χ0) is 20.1. The second kappa shape index (κ2) is 8.31. The van der Waals surface area contributed by atoms with Gasteiger partial charge in [-0.25, -0.2) is 0 Å². The van der Waals surface area contributed by atoms with E-state index in [2.05, 4.69) is 10.6 Å². The Labute approximate surface area is 157 Å². The first-order chi connectivity index (χ1) is 12.7. The van der Waals surface area contributed by atoms with Crippen LogP contribution in [0.2, 0.25) is 0 Å². The SMILES string of the molecule is CC(C)C(=O)Nc1cccc(NC(=O)c2cc([N+](=O)[O-])ccc2N(C)C)c1. The first-order valence-electron chi connectivity index (χ1n) is 8.37. The molecule has 2 rings (SSSR count). The van der Waals surface area contributed by atoms with Crippen LogP contribution >= 0.6 is 0 Å². The Balaban J connectivity index is 2.28. The number of nitrogens with zero attached hydrogens (tertiary/aromatic N) is 2. The molecule has 0 heterocycles. The monoisotopic (exact) mass is 370 g/mol. The molecule has 8 nitrogen and oxygen atoms in total. The Morgan fingerprint density at radius 2 is 1.67 bits per heavy atom. The fourth-order valence-electron chi connectivity index (χ4n) is 2.37. The van der Waals surface area contributed by atoms with Crippen molar-refractivity contribution in [1.82, 2.24) is 0 Å². The molecule has 0 bridgehead atoms. The summed E-state index contributed by atoms with van der Waals surface area (Å²) >= 11 is 0. The minimum atomic E-state index is -0.543. The third-order valence-electron chi connectivity index (χ3n) is 3.83. The normalized spacial score (nSPS) is 10.4. The third-order valence-corrected chi connectivity index (χ3v) is 3.83. The molecule has 0 aromatic heterocycles. The molecule has 0 aliphatic carbocycles. The summed E-state index contributed by atoms with van der Waals surface area (Å²) in [6.45, 7) is 3.57. The van der Waals surface area contributed by atoms with E-state index in [9.17, 15) is 19.7 Å². The molecule has 0 atom stereocenters. The van der Waals surface area contributed by atoms with Gasteiger partial charge in [0.05, 0.1) is 10.5 Å². The summed E-state index contributed by atoms with van der Waals surface area (Å²) in [7, 11) is 3.50. The number of nitrogens with one attached hydrogen (secondary N) is 2. The Hall–Kier alpha value is -3.42. The zero-order valence-electron chi connectivity index (χ0n) is 15.6. The summed E-state index contributed by atoms with van der Waals surface area (Å²) in [6, 6.07) is 10.9. The number of hydrogen-bond donors (Lipinski definition) is 2. The standard InChI is InChI=1S/C19H22N4O4/c1-12(2)18(24)20-13-6-5-7-14(10-13)21-19(25)16-11-15(23(26)27)8-9-17(16)22(3)4/h5-12H,1-4H3,(H,20,24)(H,21,25). The maximum absolute atomic E-state index is 12.7. The molecule has 0 aliphatic rings. The van der Waals surface area contributed by atoms with Crippen LogP contribution in [0.15, 0.2) is 42.5 Å². The molecule has 142 valence electrons.